The number of nitrogens with two attached hydrogens (primary N) is 1. The molecule has 3 N–H and O–H groups in total. The number of hydrogen-bond acceptors (Lipinski definition) is 4. The standard InChI is InChI=1S/C15H25N3O3S.ClH/c1-5-6-14(16)15(19)17-11(2)12-7-9-13(10-8-12)22(20,21)18(3)4;/h7-11,14H,5-6,16H2,1-4H3,(H,17,19);1H. The Hall–Kier alpha value is -1.15. The molecule has 0 fully saturated rings. The summed E-state index contributed by atoms with van der Waals surface area (Å²) in [6.45, 7) is 3.81. The van der Waals surface area contributed by atoms with Gasteiger partial charge in [0.2, 0.25) is 15.9 Å². The third-order valence-electron chi connectivity index (χ3n) is 3.45. The highest BCUT2D eigenvalue weighted by Gasteiger charge is 2.19. The second-order valence-electron chi connectivity index (χ2n) is 5.48. The summed E-state index contributed by atoms with van der Waals surface area (Å²) < 4.78 is 25.1. The molecule has 0 radical (unpaired) electrons. The fourth-order valence-electron chi connectivity index (χ4n) is 1.99. The topological polar surface area (TPSA) is 92.5 Å². The lowest BCUT2D eigenvalue weighted by molar-refractivity contribution is -0.123. The number of nitrogens with zero attached hydrogens (tertiary/aromatic N) is 1. The summed E-state index contributed by atoms with van der Waals surface area (Å²) >= 11 is 0. The van der Waals surface area contributed by atoms with Crippen molar-refractivity contribution in [3.8, 4) is 0 Å². The van der Waals surface area contributed by atoms with Crippen molar-refractivity contribution in [1.82, 2.24) is 9.62 Å². The first kappa shape index (κ1) is 21.9. The van der Waals surface area contributed by atoms with E-state index in [2.05, 4.69) is 5.32 Å². The van der Waals surface area contributed by atoms with E-state index in [4.69, 9.17) is 5.73 Å². The number of halogens is 1. The van der Waals surface area contributed by atoms with E-state index in [1.807, 2.05) is 13.8 Å². The lowest BCUT2D eigenvalue weighted by Crippen LogP contribution is -2.41. The number of amides is 1. The summed E-state index contributed by atoms with van der Waals surface area (Å²) in [5.41, 5.74) is 6.60. The Morgan fingerprint density at radius 1 is 1.26 bits per heavy atom. The predicted octanol–water partition coefficient (Wildman–Crippen LogP) is 1.66. The summed E-state index contributed by atoms with van der Waals surface area (Å²) in [6, 6.07) is 5.74. The molecule has 6 nitrogen and oxygen atoms in total. The van der Waals surface area contributed by atoms with Crippen molar-refractivity contribution in [1.29, 1.82) is 0 Å². The molecule has 0 spiro atoms. The maximum Gasteiger partial charge on any atom is 0.242 e. The van der Waals surface area contributed by atoms with E-state index in [0.717, 1.165) is 16.3 Å². The van der Waals surface area contributed by atoms with Crippen molar-refractivity contribution in [3.63, 3.8) is 0 Å². The van der Waals surface area contributed by atoms with Crippen LogP contribution in [-0.2, 0) is 14.8 Å². The number of benzene rings is 1. The molecule has 0 aromatic heterocycles. The predicted molar refractivity (Wildman–Crippen MR) is 94.0 cm³/mol. The molecule has 8 heteroatoms. The molecule has 1 aromatic carbocycles. The van der Waals surface area contributed by atoms with Crippen LogP contribution in [0.3, 0.4) is 0 Å². The van der Waals surface area contributed by atoms with Crippen LogP contribution in [0.5, 0.6) is 0 Å². The van der Waals surface area contributed by atoms with Gasteiger partial charge in [-0.25, -0.2) is 12.7 Å². The first-order valence-electron chi connectivity index (χ1n) is 7.28. The van der Waals surface area contributed by atoms with Crippen molar-refractivity contribution in [2.45, 2.75) is 43.7 Å². The fourth-order valence-corrected chi connectivity index (χ4v) is 2.89. The summed E-state index contributed by atoms with van der Waals surface area (Å²) in [5, 5.41) is 2.84. The van der Waals surface area contributed by atoms with E-state index < -0.39 is 16.1 Å². The highest BCUT2D eigenvalue weighted by Crippen LogP contribution is 2.18. The van der Waals surface area contributed by atoms with E-state index >= 15 is 0 Å². The number of sulfonamides is 1. The summed E-state index contributed by atoms with van der Waals surface area (Å²) in [4.78, 5) is 12.1. The van der Waals surface area contributed by atoms with Crippen molar-refractivity contribution in [3.05, 3.63) is 29.8 Å². The molecule has 0 heterocycles. The Kier molecular flexibility index (Phi) is 8.76. The molecule has 0 aliphatic rings. The van der Waals surface area contributed by atoms with Gasteiger partial charge in [-0.05, 0) is 31.0 Å². The molecule has 0 saturated heterocycles. The van der Waals surface area contributed by atoms with Gasteiger partial charge in [-0.3, -0.25) is 4.79 Å². The van der Waals surface area contributed by atoms with Gasteiger partial charge >= 0.3 is 0 Å². The molecule has 0 bridgehead atoms. The minimum Gasteiger partial charge on any atom is -0.348 e. The number of hydrogen-bond donors (Lipinski definition) is 2. The fraction of sp³-hybridized carbons (Fsp3) is 0.533. The Balaban J connectivity index is 0.00000484. The van der Waals surface area contributed by atoms with Gasteiger partial charge in [-0.1, -0.05) is 25.5 Å². The van der Waals surface area contributed by atoms with E-state index in [0.29, 0.717) is 6.42 Å². The molecule has 2 unspecified atom stereocenters. The molecule has 23 heavy (non-hydrogen) atoms. The van der Waals surface area contributed by atoms with Gasteiger partial charge in [0.15, 0.2) is 0 Å². The summed E-state index contributed by atoms with van der Waals surface area (Å²) in [5.74, 6) is -0.195. The van der Waals surface area contributed by atoms with Crippen LogP contribution in [0.1, 0.15) is 38.3 Å². The number of carbonyl (C=O) groups excluding carboxylic acids is 1. The third kappa shape index (κ3) is 5.76. The minimum atomic E-state index is -3.44. The molecule has 1 amide bonds. The van der Waals surface area contributed by atoms with Crippen molar-refractivity contribution in [2.75, 3.05) is 14.1 Å². The monoisotopic (exact) mass is 363 g/mol. The molecule has 132 valence electrons. The SMILES string of the molecule is CCCC(N)C(=O)NC(C)c1ccc(S(=O)(=O)N(C)C)cc1.Cl. The van der Waals surface area contributed by atoms with Gasteiger partial charge in [-0.15, -0.1) is 12.4 Å². The lowest BCUT2D eigenvalue weighted by Gasteiger charge is -2.18. The van der Waals surface area contributed by atoms with Crippen LogP contribution in [0, 0.1) is 0 Å². The minimum absolute atomic E-state index is 0. The number of carbonyl (C=O) groups is 1. The molecule has 0 saturated carbocycles. The van der Waals surface area contributed by atoms with Crippen molar-refractivity contribution < 1.29 is 13.2 Å². The van der Waals surface area contributed by atoms with Crippen molar-refractivity contribution >= 4 is 28.3 Å². The average molecular weight is 364 g/mol. The van der Waals surface area contributed by atoms with Gasteiger partial charge in [0.05, 0.1) is 17.0 Å². The zero-order valence-electron chi connectivity index (χ0n) is 13.9. The van der Waals surface area contributed by atoms with Crippen LogP contribution in [0.25, 0.3) is 0 Å². The quantitative estimate of drug-likeness (QED) is 0.770. The van der Waals surface area contributed by atoms with Crippen LogP contribution in [0.4, 0.5) is 0 Å². The van der Waals surface area contributed by atoms with Crippen LogP contribution < -0.4 is 11.1 Å². The van der Waals surface area contributed by atoms with Gasteiger partial charge in [0.1, 0.15) is 0 Å². The summed E-state index contributed by atoms with van der Waals surface area (Å²) in [6.07, 6.45) is 1.48. The molecule has 0 aliphatic heterocycles. The molecule has 0 aliphatic carbocycles. The smallest absolute Gasteiger partial charge is 0.242 e. The van der Waals surface area contributed by atoms with Crippen LogP contribution in [0.15, 0.2) is 29.2 Å². The van der Waals surface area contributed by atoms with Crippen LogP contribution in [0.2, 0.25) is 0 Å². The maximum absolute atomic E-state index is 12.0. The molecular formula is C15H26ClN3O3S. The maximum atomic E-state index is 12.0. The normalized spacial score (nSPS) is 14.0. The van der Waals surface area contributed by atoms with Crippen LogP contribution in [-0.4, -0.2) is 38.8 Å². The second kappa shape index (κ2) is 9.22. The van der Waals surface area contributed by atoms with Crippen molar-refractivity contribution in [2.24, 2.45) is 5.73 Å². The Labute approximate surface area is 144 Å². The Morgan fingerprint density at radius 2 is 1.78 bits per heavy atom. The highest BCUT2D eigenvalue weighted by molar-refractivity contribution is 7.89. The molecular weight excluding hydrogens is 338 g/mol. The third-order valence-corrected chi connectivity index (χ3v) is 5.28. The molecule has 1 rings (SSSR count). The van der Waals surface area contributed by atoms with Gasteiger partial charge in [0, 0.05) is 14.1 Å². The number of nitrogens with one attached hydrogen (secondary N) is 1. The number of rotatable bonds is 7. The lowest BCUT2D eigenvalue weighted by atomic mass is 10.1. The van der Waals surface area contributed by atoms with Gasteiger partial charge in [-0.2, -0.15) is 0 Å². The van der Waals surface area contributed by atoms with E-state index in [-0.39, 0.29) is 29.3 Å². The largest absolute Gasteiger partial charge is 0.348 e. The van der Waals surface area contributed by atoms with Gasteiger partial charge in [0.25, 0.3) is 0 Å². The second-order valence-corrected chi connectivity index (χ2v) is 7.63. The van der Waals surface area contributed by atoms with Crippen LogP contribution >= 0.6 is 12.4 Å². The van der Waals surface area contributed by atoms with Gasteiger partial charge < -0.3 is 11.1 Å². The van der Waals surface area contributed by atoms with E-state index in [9.17, 15) is 13.2 Å². The van der Waals surface area contributed by atoms with E-state index in [1.165, 1.54) is 14.1 Å². The average Bonchev–Trinajstić information content (AvgIpc) is 2.47. The first-order chi connectivity index (χ1) is 10.2. The molecule has 1 aromatic rings. The highest BCUT2D eigenvalue weighted by atomic mass is 35.5. The zero-order valence-corrected chi connectivity index (χ0v) is 15.6. The van der Waals surface area contributed by atoms with E-state index in [1.54, 1.807) is 24.3 Å². The zero-order chi connectivity index (χ0) is 16.9. The molecule has 2 atom stereocenters. The summed E-state index contributed by atoms with van der Waals surface area (Å²) in [7, 11) is -0.463. The Morgan fingerprint density at radius 3 is 2.22 bits per heavy atom. The first-order valence-corrected chi connectivity index (χ1v) is 8.72. The Bertz CT molecular complexity index is 603.